The van der Waals surface area contributed by atoms with Gasteiger partial charge < -0.3 is 4.52 Å². The molecule has 4 rings (SSSR count). The van der Waals surface area contributed by atoms with Gasteiger partial charge in [0.25, 0.3) is 5.89 Å². The number of hydrogen-bond donors (Lipinski definition) is 0. The number of aryl methyl sites for hydroxylation is 2. The fourth-order valence-corrected chi connectivity index (χ4v) is 2.82. The fourth-order valence-electron chi connectivity index (χ4n) is 2.82. The van der Waals surface area contributed by atoms with Crippen LogP contribution >= 0.6 is 0 Å². The second kappa shape index (κ2) is 7.09. The first-order valence-electron chi connectivity index (χ1n) is 8.26. The quantitative estimate of drug-likeness (QED) is 0.538. The summed E-state index contributed by atoms with van der Waals surface area (Å²) in [6, 6.07) is 22.4. The van der Waals surface area contributed by atoms with Gasteiger partial charge in [-0.05, 0) is 42.2 Å². The van der Waals surface area contributed by atoms with Crippen LogP contribution in [0.1, 0.15) is 11.1 Å². The molecular formula is C21H17N3O. The molecule has 0 N–H and O–H groups in total. The second-order valence-electron chi connectivity index (χ2n) is 5.80. The van der Waals surface area contributed by atoms with E-state index in [4.69, 9.17) is 4.52 Å². The third-order valence-corrected chi connectivity index (χ3v) is 4.14. The zero-order valence-corrected chi connectivity index (χ0v) is 13.7. The van der Waals surface area contributed by atoms with Crippen molar-refractivity contribution in [3.05, 3.63) is 90.3 Å². The predicted octanol–water partition coefficient (Wildman–Crippen LogP) is 4.58. The fraction of sp³-hybridized carbons (Fsp3) is 0.0952. The largest absolute Gasteiger partial charge is 0.334 e. The maximum Gasteiger partial charge on any atom is 0.258 e. The van der Waals surface area contributed by atoms with Gasteiger partial charge in [-0.1, -0.05) is 53.7 Å². The molecule has 0 unspecified atom stereocenters. The molecule has 0 atom stereocenters. The van der Waals surface area contributed by atoms with Gasteiger partial charge in [-0.3, -0.25) is 4.98 Å². The summed E-state index contributed by atoms with van der Waals surface area (Å²) in [5.41, 5.74) is 4.41. The van der Waals surface area contributed by atoms with E-state index in [0.717, 1.165) is 24.0 Å². The van der Waals surface area contributed by atoms with Crippen LogP contribution in [0.4, 0.5) is 0 Å². The average Bonchev–Trinajstić information content (AvgIpc) is 3.18. The number of aromatic nitrogens is 3. The van der Waals surface area contributed by atoms with Crippen LogP contribution in [0.15, 0.2) is 83.6 Å². The summed E-state index contributed by atoms with van der Waals surface area (Å²) < 4.78 is 5.52. The van der Waals surface area contributed by atoms with Crippen molar-refractivity contribution in [2.24, 2.45) is 0 Å². The highest BCUT2D eigenvalue weighted by Gasteiger charge is 2.13. The standard InChI is InChI=1S/C21H17N3O/c1-2-6-16(7-3-1)10-11-17-8-4-5-9-19(17)21-23-20(24-25-21)18-12-14-22-15-13-18/h1-9,12-15H,10-11H2. The number of nitrogens with zero attached hydrogens (tertiary/aromatic N) is 3. The average molecular weight is 327 g/mol. The summed E-state index contributed by atoms with van der Waals surface area (Å²) in [5, 5.41) is 4.11. The molecule has 2 aromatic heterocycles. The third kappa shape index (κ3) is 3.48. The van der Waals surface area contributed by atoms with Crippen molar-refractivity contribution >= 4 is 0 Å². The molecule has 0 amide bonds. The highest BCUT2D eigenvalue weighted by molar-refractivity contribution is 5.62. The molecular weight excluding hydrogens is 310 g/mol. The van der Waals surface area contributed by atoms with Crippen LogP contribution in [-0.4, -0.2) is 15.1 Å². The summed E-state index contributed by atoms with van der Waals surface area (Å²) in [4.78, 5) is 8.58. The van der Waals surface area contributed by atoms with Gasteiger partial charge in [0, 0.05) is 23.5 Å². The molecule has 0 saturated carbocycles. The number of hydrogen-bond acceptors (Lipinski definition) is 4. The molecule has 122 valence electrons. The Morgan fingerprint density at radius 1 is 0.760 bits per heavy atom. The van der Waals surface area contributed by atoms with E-state index in [2.05, 4.69) is 45.5 Å². The first-order chi connectivity index (χ1) is 12.4. The Morgan fingerprint density at radius 3 is 2.36 bits per heavy atom. The molecule has 0 aliphatic carbocycles. The summed E-state index contributed by atoms with van der Waals surface area (Å²) in [5.74, 6) is 1.13. The molecule has 4 nitrogen and oxygen atoms in total. The van der Waals surface area contributed by atoms with Crippen LogP contribution in [0.2, 0.25) is 0 Å². The van der Waals surface area contributed by atoms with E-state index in [1.807, 2.05) is 36.4 Å². The number of benzene rings is 2. The molecule has 4 aromatic rings. The molecule has 2 heterocycles. The Bertz CT molecular complexity index is 949. The van der Waals surface area contributed by atoms with Crippen molar-refractivity contribution in [2.75, 3.05) is 0 Å². The first kappa shape index (κ1) is 15.3. The summed E-state index contributed by atoms with van der Waals surface area (Å²) in [7, 11) is 0. The molecule has 0 aliphatic rings. The molecule has 0 saturated heterocycles. The van der Waals surface area contributed by atoms with E-state index >= 15 is 0 Å². The van der Waals surface area contributed by atoms with Crippen molar-refractivity contribution in [3.8, 4) is 22.8 Å². The lowest BCUT2D eigenvalue weighted by molar-refractivity contribution is 0.432. The maximum atomic E-state index is 5.52. The molecule has 0 aliphatic heterocycles. The van der Waals surface area contributed by atoms with Crippen molar-refractivity contribution in [3.63, 3.8) is 0 Å². The minimum absolute atomic E-state index is 0.551. The van der Waals surface area contributed by atoms with Crippen LogP contribution in [0.3, 0.4) is 0 Å². The first-order valence-corrected chi connectivity index (χ1v) is 8.26. The van der Waals surface area contributed by atoms with Crippen molar-refractivity contribution in [1.29, 1.82) is 0 Å². The molecule has 0 fully saturated rings. The van der Waals surface area contributed by atoms with Crippen molar-refractivity contribution in [2.45, 2.75) is 12.8 Å². The van der Waals surface area contributed by atoms with Gasteiger partial charge in [-0.2, -0.15) is 4.98 Å². The van der Waals surface area contributed by atoms with Crippen LogP contribution in [-0.2, 0) is 12.8 Å². The second-order valence-corrected chi connectivity index (χ2v) is 5.80. The number of pyridine rings is 1. The van der Waals surface area contributed by atoms with Gasteiger partial charge in [-0.15, -0.1) is 0 Å². The molecule has 4 heteroatoms. The van der Waals surface area contributed by atoms with Gasteiger partial charge in [0.1, 0.15) is 0 Å². The zero-order valence-electron chi connectivity index (χ0n) is 13.7. The highest BCUT2D eigenvalue weighted by Crippen LogP contribution is 2.25. The predicted molar refractivity (Wildman–Crippen MR) is 96.8 cm³/mol. The minimum Gasteiger partial charge on any atom is -0.334 e. The Balaban J connectivity index is 1.60. The molecule has 2 aromatic carbocycles. The van der Waals surface area contributed by atoms with E-state index in [9.17, 15) is 0 Å². The van der Waals surface area contributed by atoms with E-state index in [1.165, 1.54) is 11.1 Å². The molecule has 0 radical (unpaired) electrons. The Labute approximate surface area is 146 Å². The molecule has 25 heavy (non-hydrogen) atoms. The normalized spacial score (nSPS) is 10.7. The summed E-state index contributed by atoms with van der Waals surface area (Å²) in [6.07, 6.45) is 5.34. The molecule has 0 bridgehead atoms. The lowest BCUT2D eigenvalue weighted by atomic mass is 10.00. The van der Waals surface area contributed by atoms with E-state index in [1.54, 1.807) is 12.4 Å². The Morgan fingerprint density at radius 2 is 1.52 bits per heavy atom. The van der Waals surface area contributed by atoms with Gasteiger partial charge >= 0.3 is 0 Å². The third-order valence-electron chi connectivity index (χ3n) is 4.14. The van der Waals surface area contributed by atoms with Crippen LogP contribution in [0.5, 0.6) is 0 Å². The zero-order chi connectivity index (χ0) is 16.9. The lowest BCUT2D eigenvalue weighted by Gasteiger charge is -2.06. The topological polar surface area (TPSA) is 51.8 Å². The number of rotatable bonds is 5. The van der Waals surface area contributed by atoms with Gasteiger partial charge in [0.15, 0.2) is 0 Å². The summed E-state index contributed by atoms with van der Waals surface area (Å²) in [6.45, 7) is 0. The smallest absolute Gasteiger partial charge is 0.258 e. The minimum atomic E-state index is 0.551. The summed E-state index contributed by atoms with van der Waals surface area (Å²) >= 11 is 0. The molecule has 0 spiro atoms. The Hall–Kier alpha value is -3.27. The van der Waals surface area contributed by atoms with Crippen LogP contribution in [0.25, 0.3) is 22.8 Å². The van der Waals surface area contributed by atoms with E-state index in [0.29, 0.717) is 11.7 Å². The lowest BCUT2D eigenvalue weighted by Crippen LogP contribution is -1.94. The monoisotopic (exact) mass is 327 g/mol. The SMILES string of the molecule is c1ccc(CCc2ccccc2-c2nc(-c3ccncc3)no2)cc1. The van der Waals surface area contributed by atoms with Gasteiger partial charge in [-0.25, -0.2) is 0 Å². The Kier molecular flexibility index (Phi) is 4.33. The van der Waals surface area contributed by atoms with E-state index in [-0.39, 0.29) is 0 Å². The van der Waals surface area contributed by atoms with Gasteiger partial charge in [0.05, 0.1) is 0 Å². The van der Waals surface area contributed by atoms with E-state index < -0.39 is 0 Å². The van der Waals surface area contributed by atoms with Gasteiger partial charge in [0.2, 0.25) is 5.82 Å². The van der Waals surface area contributed by atoms with Crippen molar-refractivity contribution < 1.29 is 4.52 Å². The van der Waals surface area contributed by atoms with Crippen LogP contribution in [0, 0.1) is 0 Å². The highest BCUT2D eigenvalue weighted by atomic mass is 16.5. The maximum absolute atomic E-state index is 5.52. The van der Waals surface area contributed by atoms with Crippen LogP contribution < -0.4 is 0 Å². The van der Waals surface area contributed by atoms with Crippen molar-refractivity contribution in [1.82, 2.24) is 15.1 Å².